The van der Waals surface area contributed by atoms with Gasteiger partial charge in [0.15, 0.2) is 0 Å². The number of benzene rings is 1. The lowest BCUT2D eigenvalue weighted by molar-refractivity contribution is 0.0999. The summed E-state index contributed by atoms with van der Waals surface area (Å²) in [4.78, 5) is 11.1. The summed E-state index contributed by atoms with van der Waals surface area (Å²) in [7, 11) is 0. The Labute approximate surface area is 87.5 Å². The van der Waals surface area contributed by atoms with Crippen molar-refractivity contribution < 1.29 is 4.79 Å². The van der Waals surface area contributed by atoms with Crippen LogP contribution in [-0.4, -0.2) is 5.91 Å². The predicted octanol–water partition coefficient (Wildman–Crippen LogP) is 1.11. The number of rotatable bonds is 3. The minimum absolute atomic E-state index is 0.323. The summed E-state index contributed by atoms with van der Waals surface area (Å²) in [5, 5.41) is 17.1. The van der Waals surface area contributed by atoms with Crippen LogP contribution in [0.4, 0.5) is 0 Å². The van der Waals surface area contributed by atoms with E-state index in [1.54, 1.807) is 12.1 Å². The molecule has 15 heavy (non-hydrogen) atoms. The molecule has 4 heteroatoms. The second kappa shape index (κ2) is 4.78. The standard InChI is InChI=1S/C11H9N3O/c12-5-1-2-9-4-3-8(7-13)6-10(9)11(14)15/h3-4,6H,1-2H2,(H2,14,15). The molecule has 0 spiro atoms. The van der Waals surface area contributed by atoms with Gasteiger partial charge in [-0.3, -0.25) is 4.79 Å². The molecule has 1 aromatic carbocycles. The highest BCUT2D eigenvalue weighted by atomic mass is 16.1. The molecule has 4 nitrogen and oxygen atoms in total. The van der Waals surface area contributed by atoms with Crippen LogP contribution < -0.4 is 5.73 Å². The number of carbonyl (C=O) groups excluding carboxylic acids is 1. The summed E-state index contributed by atoms with van der Waals surface area (Å²) in [5.74, 6) is -0.569. The largest absolute Gasteiger partial charge is 0.366 e. The van der Waals surface area contributed by atoms with Crippen molar-refractivity contribution in [2.75, 3.05) is 0 Å². The van der Waals surface area contributed by atoms with Crippen molar-refractivity contribution in [2.24, 2.45) is 5.73 Å². The van der Waals surface area contributed by atoms with Crippen LogP contribution >= 0.6 is 0 Å². The van der Waals surface area contributed by atoms with Gasteiger partial charge < -0.3 is 5.73 Å². The normalized spacial score (nSPS) is 8.93. The third-order valence-corrected chi connectivity index (χ3v) is 2.01. The highest BCUT2D eigenvalue weighted by molar-refractivity contribution is 5.94. The lowest BCUT2D eigenvalue weighted by Crippen LogP contribution is -2.14. The molecule has 1 aromatic rings. The summed E-state index contributed by atoms with van der Waals surface area (Å²) in [6.07, 6.45) is 0.798. The molecule has 0 bridgehead atoms. The predicted molar refractivity (Wildman–Crippen MR) is 53.6 cm³/mol. The molecule has 1 amide bonds. The van der Waals surface area contributed by atoms with Crippen molar-refractivity contribution in [3.05, 3.63) is 34.9 Å². The van der Waals surface area contributed by atoms with E-state index in [2.05, 4.69) is 0 Å². The zero-order valence-corrected chi connectivity index (χ0v) is 8.03. The Morgan fingerprint density at radius 2 is 2.13 bits per heavy atom. The lowest BCUT2D eigenvalue weighted by atomic mass is 10.0. The fourth-order valence-corrected chi connectivity index (χ4v) is 1.28. The van der Waals surface area contributed by atoms with E-state index in [-0.39, 0.29) is 0 Å². The van der Waals surface area contributed by atoms with Crippen LogP contribution in [-0.2, 0) is 6.42 Å². The highest BCUT2D eigenvalue weighted by Crippen LogP contribution is 2.13. The third kappa shape index (κ3) is 2.55. The average molecular weight is 199 g/mol. The molecule has 0 atom stereocenters. The Bertz CT molecular complexity index is 466. The monoisotopic (exact) mass is 199 g/mol. The van der Waals surface area contributed by atoms with Crippen molar-refractivity contribution in [2.45, 2.75) is 12.8 Å². The van der Waals surface area contributed by atoms with Gasteiger partial charge in [-0.15, -0.1) is 0 Å². The van der Waals surface area contributed by atoms with E-state index >= 15 is 0 Å². The van der Waals surface area contributed by atoms with Crippen LogP contribution in [0.15, 0.2) is 18.2 Å². The third-order valence-electron chi connectivity index (χ3n) is 2.01. The molecule has 0 aliphatic heterocycles. The smallest absolute Gasteiger partial charge is 0.249 e. The Morgan fingerprint density at radius 1 is 1.40 bits per heavy atom. The molecule has 0 aromatic heterocycles. The molecule has 0 saturated heterocycles. The maximum absolute atomic E-state index is 11.1. The zero-order chi connectivity index (χ0) is 11.3. The van der Waals surface area contributed by atoms with Crippen molar-refractivity contribution in [3.8, 4) is 12.1 Å². The van der Waals surface area contributed by atoms with E-state index < -0.39 is 5.91 Å². The van der Waals surface area contributed by atoms with Crippen LogP contribution in [0.5, 0.6) is 0 Å². The second-order valence-electron chi connectivity index (χ2n) is 3.01. The molecular weight excluding hydrogens is 190 g/mol. The lowest BCUT2D eigenvalue weighted by Gasteiger charge is -2.04. The van der Waals surface area contributed by atoms with E-state index in [9.17, 15) is 4.79 Å². The van der Waals surface area contributed by atoms with Gasteiger partial charge in [-0.05, 0) is 24.1 Å². The van der Waals surface area contributed by atoms with Crippen molar-refractivity contribution >= 4 is 5.91 Å². The number of amides is 1. The van der Waals surface area contributed by atoms with Gasteiger partial charge in [0.1, 0.15) is 0 Å². The minimum atomic E-state index is -0.569. The molecule has 0 saturated carbocycles. The number of nitrogens with zero attached hydrogens (tertiary/aromatic N) is 2. The second-order valence-corrected chi connectivity index (χ2v) is 3.01. The van der Waals surface area contributed by atoms with Gasteiger partial charge >= 0.3 is 0 Å². The van der Waals surface area contributed by atoms with Crippen LogP contribution in [0.1, 0.15) is 27.9 Å². The van der Waals surface area contributed by atoms with E-state index in [1.807, 2.05) is 12.1 Å². The Balaban J connectivity index is 3.12. The zero-order valence-electron chi connectivity index (χ0n) is 8.03. The first-order chi connectivity index (χ1) is 7.19. The van der Waals surface area contributed by atoms with Gasteiger partial charge in [-0.1, -0.05) is 6.07 Å². The van der Waals surface area contributed by atoms with Crippen LogP contribution in [0.3, 0.4) is 0 Å². The maximum Gasteiger partial charge on any atom is 0.249 e. The van der Waals surface area contributed by atoms with E-state index in [0.717, 1.165) is 0 Å². The van der Waals surface area contributed by atoms with Crippen molar-refractivity contribution in [3.63, 3.8) is 0 Å². The molecule has 74 valence electrons. The number of hydrogen-bond acceptors (Lipinski definition) is 3. The number of hydrogen-bond donors (Lipinski definition) is 1. The van der Waals surface area contributed by atoms with Crippen molar-refractivity contribution in [1.82, 2.24) is 0 Å². The Morgan fingerprint density at radius 3 is 2.67 bits per heavy atom. The molecule has 0 radical (unpaired) electrons. The number of primary amides is 1. The van der Waals surface area contributed by atoms with Gasteiger partial charge in [0, 0.05) is 12.0 Å². The minimum Gasteiger partial charge on any atom is -0.366 e. The van der Waals surface area contributed by atoms with Gasteiger partial charge in [0.2, 0.25) is 5.91 Å². The topological polar surface area (TPSA) is 90.7 Å². The van der Waals surface area contributed by atoms with Crippen LogP contribution in [0.25, 0.3) is 0 Å². The molecule has 0 unspecified atom stereocenters. The molecule has 2 N–H and O–H groups in total. The van der Waals surface area contributed by atoms with Crippen LogP contribution in [0.2, 0.25) is 0 Å². The highest BCUT2D eigenvalue weighted by Gasteiger charge is 2.08. The number of nitrogens with two attached hydrogens (primary N) is 1. The van der Waals surface area contributed by atoms with E-state index in [4.69, 9.17) is 16.3 Å². The first-order valence-electron chi connectivity index (χ1n) is 4.39. The molecule has 0 aliphatic rings. The summed E-state index contributed by atoms with van der Waals surface area (Å²) >= 11 is 0. The Hall–Kier alpha value is -2.33. The first-order valence-corrected chi connectivity index (χ1v) is 4.39. The fraction of sp³-hybridized carbons (Fsp3) is 0.182. The number of nitriles is 2. The number of carbonyl (C=O) groups is 1. The summed E-state index contributed by atoms with van der Waals surface area (Å²) in [5.41, 5.74) is 6.61. The molecule has 0 heterocycles. The quantitative estimate of drug-likeness (QED) is 0.790. The first kappa shape index (κ1) is 10.7. The molecular formula is C11H9N3O. The number of aryl methyl sites for hydroxylation is 1. The summed E-state index contributed by atoms with van der Waals surface area (Å²) in [6, 6.07) is 8.65. The Kier molecular flexibility index (Phi) is 3.43. The molecule has 0 aliphatic carbocycles. The van der Waals surface area contributed by atoms with Gasteiger partial charge in [-0.2, -0.15) is 10.5 Å². The van der Waals surface area contributed by atoms with Crippen LogP contribution in [0, 0.1) is 22.7 Å². The summed E-state index contributed by atoms with van der Waals surface area (Å²) in [6.45, 7) is 0. The SMILES string of the molecule is N#CCCc1ccc(C#N)cc1C(N)=O. The van der Waals surface area contributed by atoms with Crippen molar-refractivity contribution in [1.29, 1.82) is 10.5 Å². The van der Waals surface area contributed by atoms with Gasteiger partial charge in [-0.25, -0.2) is 0 Å². The average Bonchev–Trinajstić information content (AvgIpc) is 2.26. The van der Waals surface area contributed by atoms with Gasteiger partial charge in [0.25, 0.3) is 0 Å². The van der Waals surface area contributed by atoms with E-state index in [0.29, 0.717) is 29.5 Å². The van der Waals surface area contributed by atoms with E-state index in [1.165, 1.54) is 6.07 Å². The van der Waals surface area contributed by atoms with Gasteiger partial charge in [0.05, 0.1) is 17.7 Å². The fourth-order valence-electron chi connectivity index (χ4n) is 1.28. The summed E-state index contributed by atoms with van der Waals surface area (Å²) < 4.78 is 0. The maximum atomic E-state index is 11.1. The molecule has 0 fully saturated rings. The molecule has 1 rings (SSSR count).